The lowest BCUT2D eigenvalue weighted by Crippen LogP contribution is -2.49. The van der Waals surface area contributed by atoms with Crippen LogP contribution >= 0.6 is 0 Å². The Morgan fingerprint density at radius 3 is 2.90 bits per heavy atom. The topological polar surface area (TPSA) is 29.1 Å². The fourth-order valence-corrected chi connectivity index (χ4v) is 1.06. The first kappa shape index (κ1) is 7.10. The summed E-state index contributed by atoms with van der Waals surface area (Å²) < 4.78 is 0. The molecule has 0 saturated carbocycles. The monoisotopic (exact) mass is 137 g/mol. The van der Waals surface area contributed by atoms with Crippen LogP contribution in [0, 0.1) is 0 Å². The molecule has 1 aliphatic heterocycles. The zero-order valence-corrected chi connectivity index (χ0v) is 6.11. The van der Waals surface area contributed by atoms with Gasteiger partial charge in [-0.2, -0.15) is 0 Å². The summed E-state index contributed by atoms with van der Waals surface area (Å²) in [5, 5.41) is 2.77. The van der Waals surface area contributed by atoms with Crippen molar-refractivity contribution in [1.82, 2.24) is 5.32 Å². The van der Waals surface area contributed by atoms with Crippen molar-refractivity contribution in [3.05, 3.63) is 17.9 Å². The Hall–Kier alpha value is -1.01. The molecule has 1 atom stereocenters. The summed E-state index contributed by atoms with van der Waals surface area (Å²) in [6, 6.07) is 0.231. The number of nitrogens with one attached hydrogen (secondary N) is 1. The van der Waals surface area contributed by atoms with Gasteiger partial charge >= 0.3 is 0 Å². The molecule has 1 heterocycles. The van der Waals surface area contributed by atoms with Crippen LogP contribution in [0.3, 0.4) is 0 Å². The normalized spacial score (nSPS) is 22.5. The predicted molar refractivity (Wildman–Crippen MR) is 39.5 cm³/mol. The molecule has 1 fully saturated rings. The van der Waals surface area contributed by atoms with Crippen LogP contribution in [0.4, 0.5) is 0 Å². The van der Waals surface area contributed by atoms with Gasteiger partial charge in [0.05, 0.1) is 12.5 Å². The quantitative estimate of drug-likeness (QED) is 0.446. The molecule has 1 amide bonds. The highest BCUT2D eigenvalue weighted by molar-refractivity contribution is 5.84. The lowest BCUT2D eigenvalue weighted by molar-refractivity contribution is -0.127. The third-order valence-electron chi connectivity index (χ3n) is 1.75. The molecule has 1 rings (SSSR count). The molecule has 0 spiro atoms. The predicted octanol–water partition coefficient (Wildman–Crippen LogP) is 0.996. The third-order valence-corrected chi connectivity index (χ3v) is 1.75. The van der Waals surface area contributed by atoms with Crippen molar-refractivity contribution in [2.75, 3.05) is 0 Å². The summed E-state index contributed by atoms with van der Waals surface area (Å²) in [5.41, 5.74) is 3.94. The molecular formula is C8H11NO. The van der Waals surface area contributed by atoms with Crippen molar-refractivity contribution in [3.63, 3.8) is 0 Å². The van der Waals surface area contributed by atoms with Crippen molar-refractivity contribution in [3.8, 4) is 0 Å². The molecule has 0 aromatic heterocycles. The molecule has 1 N–H and O–H groups in total. The van der Waals surface area contributed by atoms with Gasteiger partial charge in [0.15, 0.2) is 0 Å². The number of hydrogen-bond donors (Lipinski definition) is 1. The molecule has 0 aromatic rings. The van der Waals surface area contributed by atoms with E-state index in [1.165, 1.54) is 0 Å². The highest BCUT2D eigenvalue weighted by Crippen LogP contribution is 2.15. The van der Waals surface area contributed by atoms with Crippen molar-refractivity contribution in [1.29, 1.82) is 0 Å². The van der Waals surface area contributed by atoms with Gasteiger partial charge in [0.2, 0.25) is 5.91 Å². The Morgan fingerprint density at radius 2 is 2.60 bits per heavy atom. The number of amides is 1. The van der Waals surface area contributed by atoms with E-state index in [4.69, 9.17) is 0 Å². The lowest BCUT2D eigenvalue weighted by Gasteiger charge is -2.27. The van der Waals surface area contributed by atoms with E-state index >= 15 is 0 Å². The van der Waals surface area contributed by atoms with E-state index in [0.717, 1.165) is 12.0 Å². The van der Waals surface area contributed by atoms with E-state index in [2.05, 4.69) is 17.6 Å². The molecule has 1 aliphatic rings. The van der Waals surface area contributed by atoms with E-state index in [0.29, 0.717) is 6.42 Å². The van der Waals surface area contributed by atoms with Gasteiger partial charge < -0.3 is 5.32 Å². The molecule has 1 unspecified atom stereocenters. The minimum Gasteiger partial charge on any atom is -0.348 e. The zero-order chi connectivity index (χ0) is 7.56. The molecule has 0 bridgehead atoms. The summed E-state index contributed by atoms with van der Waals surface area (Å²) >= 11 is 0. The lowest BCUT2D eigenvalue weighted by atomic mass is 9.96. The van der Waals surface area contributed by atoms with Gasteiger partial charge in [-0.25, -0.2) is 0 Å². The maximum Gasteiger partial charge on any atom is 0.222 e. The second-order valence-corrected chi connectivity index (χ2v) is 2.38. The first-order chi connectivity index (χ1) is 4.77. The Balaban J connectivity index is 2.51. The van der Waals surface area contributed by atoms with Gasteiger partial charge in [0.1, 0.15) is 0 Å². The van der Waals surface area contributed by atoms with Crippen LogP contribution in [0.5, 0.6) is 0 Å². The number of carbonyl (C=O) groups excluding carboxylic acids is 1. The van der Waals surface area contributed by atoms with Gasteiger partial charge in [-0.3, -0.25) is 4.79 Å². The van der Waals surface area contributed by atoms with Crippen LogP contribution in [0.15, 0.2) is 17.9 Å². The van der Waals surface area contributed by atoms with Crippen LogP contribution in [0.1, 0.15) is 19.8 Å². The zero-order valence-electron chi connectivity index (χ0n) is 6.11. The molecule has 10 heavy (non-hydrogen) atoms. The number of hydrogen-bond acceptors (Lipinski definition) is 1. The minimum atomic E-state index is 0.131. The van der Waals surface area contributed by atoms with Crippen LogP contribution in [0.2, 0.25) is 0 Å². The average molecular weight is 137 g/mol. The van der Waals surface area contributed by atoms with Crippen molar-refractivity contribution < 1.29 is 4.79 Å². The average Bonchev–Trinajstić information content (AvgIpc) is 1.87. The molecule has 54 valence electrons. The molecular weight excluding hydrogens is 126 g/mol. The fraction of sp³-hybridized carbons (Fsp3) is 0.500. The van der Waals surface area contributed by atoms with E-state index in [1.807, 2.05) is 6.92 Å². The summed E-state index contributed by atoms with van der Waals surface area (Å²) in [7, 11) is 0. The second kappa shape index (κ2) is 2.72. The van der Waals surface area contributed by atoms with Crippen molar-refractivity contribution in [2.45, 2.75) is 25.8 Å². The Morgan fingerprint density at radius 1 is 2.00 bits per heavy atom. The second-order valence-electron chi connectivity index (χ2n) is 2.38. The third kappa shape index (κ3) is 1.12. The van der Waals surface area contributed by atoms with Crippen LogP contribution in [-0.2, 0) is 4.79 Å². The maximum atomic E-state index is 10.5. The van der Waals surface area contributed by atoms with Crippen LogP contribution in [0.25, 0.3) is 0 Å². The van der Waals surface area contributed by atoms with Crippen molar-refractivity contribution >= 4 is 5.91 Å². The summed E-state index contributed by atoms with van der Waals surface area (Å²) in [4.78, 5) is 10.5. The molecule has 2 nitrogen and oxygen atoms in total. The first-order valence-electron chi connectivity index (χ1n) is 3.46. The van der Waals surface area contributed by atoms with Gasteiger partial charge in [0.25, 0.3) is 0 Å². The van der Waals surface area contributed by atoms with Crippen molar-refractivity contribution in [2.24, 2.45) is 0 Å². The molecule has 2 heteroatoms. The standard InChI is InChI=1S/C8H11NO/c1-3-6(4-2)7-5-8(10)9-7/h7H,1,4-5H2,2H3,(H,9,10). The fourth-order valence-electron chi connectivity index (χ4n) is 1.06. The Kier molecular flexibility index (Phi) is 1.93. The Bertz CT molecular complexity index is 193. The molecule has 0 radical (unpaired) electrons. The molecule has 0 aliphatic carbocycles. The van der Waals surface area contributed by atoms with Crippen LogP contribution in [-0.4, -0.2) is 11.9 Å². The first-order valence-corrected chi connectivity index (χ1v) is 3.46. The molecule has 0 aromatic carbocycles. The number of β-lactam (4-membered cyclic amide) rings is 1. The van der Waals surface area contributed by atoms with Gasteiger partial charge in [-0.15, -0.1) is 5.73 Å². The SMILES string of the molecule is C=C=C(CC)C1CC(=O)N1. The van der Waals surface area contributed by atoms with Gasteiger partial charge in [-0.1, -0.05) is 13.5 Å². The maximum absolute atomic E-state index is 10.5. The summed E-state index contributed by atoms with van der Waals surface area (Å²) in [6.45, 7) is 5.59. The number of carbonyl (C=O) groups is 1. The van der Waals surface area contributed by atoms with E-state index < -0.39 is 0 Å². The summed E-state index contributed by atoms with van der Waals surface area (Å²) in [6.07, 6.45) is 1.54. The van der Waals surface area contributed by atoms with Crippen LogP contribution < -0.4 is 5.32 Å². The highest BCUT2D eigenvalue weighted by atomic mass is 16.2. The van der Waals surface area contributed by atoms with E-state index in [-0.39, 0.29) is 11.9 Å². The van der Waals surface area contributed by atoms with Gasteiger partial charge in [-0.05, 0) is 12.0 Å². The summed E-state index contributed by atoms with van der Waals surface area (Å²) in [5.74, 6) is 0.131. The molecule has 1 saturated heterocycles. The minimum absolute atomic E-state index is 0.131. The number of rotatable bonds is 2. The Labute approximate surface area is 60.6 Å². The van der Waals surface area contributed by atoms with E-state index in [9.17, 15) is 4.79 Å². The largest absolute Gasteiger partial charge is 0.348 e. The van der Waals surface area contributed by atoms with E-state index in [1.54, 1.807) is 0 Å². The highest BCUT2D eigenvalue weighted by Gasteiger charge is 2.27. The van der Waals surface area contributed by atoms with Gasteiger partial charge in [0, 0.05) is 0 Å². The smallest absolute Gasteiger partial charge is 0.222 e.